The molecule has 0 spiro atoms. The maximum Gasteiger partial charge on any atom is 0.190 e. The summed E-state index contributed by atoms with van der Waals surface area (Å²) >= 11 is 0. The van der Waals surface area contributed by atoms with Gasteiger partial charge in [0.25, 0.3) is 0 Å². The highest BCUT2D eigenvalue weighted by Crippen LogP contribution is 2.05. The first-order chi connectivity index (χ1) is 11.4. The van der Waals surface area contributed by atoms with Crippen LogP contribution in [0.25, 0.3) is 0 Å². The predicted octanol–water partition coefficient (Wildman–Crippen LogP) is 2.36. The Labute approximate surface area is 147 Å². The van der Waals surface area contributed by atoms with Gasteiger partial charge in [0.05, 0.1) is 5.69 Å². The second kappa shape index (κ2) is 11.1. The molecule has 0 aliphatic heterocycles. The summed E-state index contributed by atoms with van der Waals surface area (Å²) in [5, 5.41) is 11.2. The number of nitrogens with one attached hydrogen (secondary N) is 2. The Morgan fingerprint density at radius 3 is 2.62 bits per heavy atom. The van der Waals surface area contributed by atoms with Crippen LogP contribution >= 0.6 is 0 Å². The third-order valence-corrected chi connectivity index (χ3v) is 3.64. The molecule has 6 heteroatoms. The molecule has 0 aromatic carbocycles. The highest BCUT2D eigenvalue weighted by atomic mass is 16.5. The van der Waals surface area contributed by atoms with Crippen LogP contribution < -0.4 is 10.6 Å². The lowest BCUT2D eigenvalue weighted by Gasteiger charge is -2.17. The number of hydrogen-bond acceptors (Lipinski definition) is 3. The van der Waals surface area contributed by atoms with Crippen LogP contribution in [0.2, 0.25) is 0 Å². The van der Waals surface area contributed by atoms with Crippen LogP contribution in [-0.2, 0) is 11.3 Å². The van der Waals surface area contributed by atoms with E-state index >= 15 is 0 Å². The van der Waals surface area contributed by atoms with Crippen molar-refractivity contribution in [1.82, 2.24) is 20.4 Å². The predicted molar refractivity (Wildman–Crippen MR) is 101 cm³/mol. The molecule has 1 aromatic heterocycles. The Morgan fingerprint density at radius 2 is 2.04 bits per heavy atom. The van der Waals surface area contributed by atoms with Crippen molar-refractivity contribution >= 4 is 5.96 Å². The van der Waals surface area contributed by atoms with Crippen LogP contribution in [0.4, 0.5) is 0 Å². The van der Waals surface area contributed by atoms with Crippen molar-refractivity contribution in [2.75, 3.05) is 33.4 Å². The molecule has 138 valence electrons. The number of aryl methyl sites for hydroxylation is 2. The van der Waals surface area contributed by atoms with Gasteiger partial charge in [0.2, 0.25) is 0 Å². The third-order valence-electron chi connectivity index (χ3n) is 3.64. The lowest BCUT2D eigenvalue weighted by atomic mass is 10.2. The van der Waals surface area contributed by atoms with E-state index < -0.39 is 0 Å². The summed E-state index contributed by atoms with van der Waals surface area (Å²) in [6, 6.07) is 2.11. The van der Waals surface area contributed by atoms with Gasteiger partial charge in [0.15, 0.2) is 5.96 Å². The average Bonchev–Trinajstić information content (AvgIpc) is 2.83. The van der Waals surface area contributed by atoms with Crippen LogP contribution in [0.1, 0.15) is 38.6 Å². The van der Waals surface area contributed by atoms with Gasteiger partial charge in [-0.1, -0.05) is 20.8 Å². The van der Waals surface area contributed by atoms with E-state index in [0.29, 0.717) is 11.8 Å². The Morgan fingerprint density at radius 1 is 1.29 bits per heavy atom. The zero-order valence-corrected chi connectivity index (χ0v) is 16.2. The van der Waals surface area contributed by atoms with E-state index in [-0.39, 0.29) is 0 Å². The highest BCUT2D eigenvalue weighted by molar-refractivity contribution is 5.79. The summed E-state index contributed by atoms with van der Waals surface area (Å²) in [7, 11) is 1.80. The van der Waals surface area contributed by atoms with Crippen molar-refractivity contribution in [3.05, 3.63) is 17.5 Å². The van der Waals surface area contributed by atoms with E-state index in [4.69, 9.17) is 4.74 Å². The van der Waals surface area contributed by atoms with E-state index in [0.717, 1.165) is 50.9 Å². The SMILES string of the molecule is CN=C(NCCCOCC(C)C)NCC(C)Cn1nc(C)cc1C. The fraction of sp³-hybridized carbons (Fsp3) is 0.778. The molecule has 1 unspecified atom stereocenters. The van der Waals surface area contributed by atoms with Crippen molar-refractivity contribution in [3.8, 4) is 0 Å². The molecule has 1 rings (SSSR count). The fourth-order valence-corrected chi connectivity index (χ4v) is 2.41. The van der Waals surface area contributed by atoms with E-state index in [2.05, 4.69) is 59.2 Å². The highest BCUT2D eigenvalue weighted by Gasteiger charge is 2.08. The fourth-order valence-electron chi connectivity index (χ4n) is 2.41. The number of aliphatic imine (C=N–C) groups is 1. The van der Waals surface area contributed by atoms with E-state index in [1.165, 1.54) is 5.69 Å². The smallest absolute Gasteiger partial charge is 0.190 e. The molecule has 2 N–H and O–H groups in total. The summed E-state index contributed by atoms with van der Waals surface area (Å²) in [5.74, 6) is 1.91. The minimum atomic E-state index is 0.468. The van der Waals surface area contributed by atoms with Crippen LogP contribution in [0.3, 0.4) is 0 Å². The van der Waals surface area contributed by atoms with Gasteiger partial charge in [-0.3, -0.25) is 9.67 Å². The Kier molecular flexibility index (Phi) is 9.45. The molecule has 0 saturated carbocycles. The monoisotopic (exact) mass is 337 g/mol. The second-order valence-corrected chi connectivity index (χ2v) is 6.92. The van der Waals surface area contributed by atoms with Crippen LogP contribution in [0, 0.1) is 25.7 Å². The molecule has 6 nitrogen and oxygen atoms in total. The normalized spacial score (nSPS) is 13.4. The molecule has 0 radical (unpaired) electrons. The van der Waals surface area contributed by atoms with Gasteiger partial charge >= 0.3 is 0 Å². The summed E-state index contributed by atoms with van der Waals surface area (Å²) in [5.41, 5.74) is 2.29. The molecule has 0 aliphatic rings. The average molecular weight is 338 g/mol. The van der Waals surface area contributed by atoms with Gasteiger partial charge in [-0.25, -0.2) is 0 Å². The van der Waals surface area contributed by atoms with Crippen LogP contribution in [0.5, 0.6) is 0 Å². The standard InChI is InChI=1S/C18H35N5O/c1-14(2)13-24-9-7-8-20-18(19-6)21-11-15(3)12-23-17(5)10-16(4)22-23/h10,14-15H,7-9,11-13H2,1-6H3,(H2,19,20,21). The maximum atomic E-state index is 5.58. The van der Waals surface area contributed by atoms with Crippen molar-refractivity contribution in [3.63, 3.8) is 0 Å². The largest absolute Gasteiger partial charge is 0.381 e. The van der Waals surface area contributed by atoms with Crippen LogP contribution in [-0.4, -0.2) is 49.1 Å². The Balaban J connectivity index is 2.20. The number of guanidine groups is 1. The first-order valence-corrected chi connectivity index (χ1v) is 8.95. The first-order valence-electron chi connectivity index (χ1n) is 8.95. The van der Waals surface area contributed by atoms with Gasteiger partial charge < -0.3 is 15.4 Å². The molecule has 1 aromatic rings. The molecule has 1 atom stereocenters. The van der Waals surface area contributed by atoms with Gasteiger partial charge in [-0.15, -0.1) is 0 Å². The minimum absolute atomic E-state index is 0.468. The van der Waals surface area contributed by atoms with Gasteiger partial charge in [-0.2, -0.15) is 5.10 Å². The molecule has 1 heterocycles. The molecule has 24 heavy (non-hydrogen) atoms. The van der Waals surface area contributed by atoms with Crippen molar-refractivity contribution in [1.29, 1.82) is 0 Å². The maximum absolute atomic E-state index is 5.58. The zero-order valence-electron chi connectivity index (χ0n) is 16.2. The lowest BCUT2D eigenvalue weighted by Crippen LogP contribution is -2.40. The number of rotatable bonds is 10. The molecular formula is C18H35N5O. The molecular weight excluding hydrogens is 302 g/mol. The summed E-state index contributed by atoms with van der Waals surface area (Å²) in [4.78, 5) is 4.27. The summed E-state index contributed by atoms with van der Waals surface area (Å²) < 4.78 is 7.65. The number of nitrogens with zero attached hydrogens (tertiary/aromatic N) is 3. The Hall–Kier alpha value is -1.56. The second-order valence-electron chi connectivity index (χ2n) is 6.92. The number of aromatic nitrogens is 2. The third kappa shape index (κ3) is 8.34. The topological polar surface area (TPSA) is 63.5 Å². The van der Waals surface area contributed by atoms with E-state index in [1.54, 1.807) is 7.05 Å². The molecule has 0 amide bonds. The van der Waals surface area contributed by atoms with Gasteiger partial charge in [-0.05, 0) is 38.2 Å². The Bertz CT molecular complexity index is 496. The molecule has 0 saturated heterocycles. The lowest BCUT2D eigenvalue weighted by molar-refractivity contribution is 0.108. The van der Waals surface area contributed by atoms with Crippen LogP contribution in [0.15, 0.2) is 11.1 Å². The zero-order chi connectivity index (χ0) is 17.9. The summed E-state index contributed by atoms with van der Waals surface area (Å²) in [6.07, 6.45) is 0.981. The number of hydrogen-bond donors (Lipinski definition) is 2. The minimum Gasteiger partial charge on any atom is -0.381 e. The van der Waals surface area contributed by atoms with E-state index in [1.807, 2.05) is 6.92 Å². The van der Waals surface area contributed by atoms with Crippen molar-refractivity contribution < 1.29 is 4.74 Å². The first kappa shape index (κ1) is 20.5. The number of ether oxygens (including phenoxy) is 1. The van der Waals surface area contributed by atoms with Gasteiger partial charge in [0.1, 0.15) is 0 Å². The molecule has 0 fully saturated rings. The van der Waals surface area contributed by atoms with Crippen molar-refractivity contribution in [2.24, 2.45) is 16.8 Å². The van der Waals surface area contributed by atoms with Gasteiger partial charge in [0, 0.05) is 45.6 Å². The van der Waals surface area contributed by atoms with E-state index in [9.17, 15) is 0 Å². The summed E-state index contributed by atoms with van der Waals surface area (Å²) in [6.45, 7) is 14.9. The molecule has 0 bridgehead atoms. The molecule has 0 aliphatic carbocycles. The quantitative estimate of drug-likeness (QED) is 0.391. The van der Waals surface area contributed by atoms with Crippen molar-refractivity contribution in [2.45, 2.75) is 47.6 Å².